The summed E-state index contributed by atoms with van der Waals surface area (Å²) in [6.07, 6.45) is 28.7. The van der Waals surface area contributed by atoms with E-state index in [0.717, 1.165) is 83.3 Å². The lowest BCUT2D eigenvalue weighted by Gasteiger charge is -2.12. The molecule has 36 heteroatoms. The van der Waals surface area contributed by atoms with E-state index in [9.17, 15) is 13.9 Å². The number of thioether (sulfide) groups is 4. The van der Waals surface area contributed by atoms with Gasteiger partial charge in [0.25, 0.3) is 0 Å². The fourth-order valence-corrected chi connectivity index (χ4v) is 12.7. The van der Waals surface area contributed by atoms with E-state index in [1.807, 2.05) is 146 Å². The zero-order valence-corrected chi connectivity index (χ0v) is 69.4. The van der Waals surface area contributed by atoms with Gasteiger partial charge in [-0.3, -0.25) is 44.9 Å². The van der Waals surface area contributed by atoms with Crippen LogP contribution in [0.25, 0.3) is 79.7 Å². The third kappa shape index (κ3) is 27.6. The number of hydrogen-bond acceptors (Lipinski definition) is 34. The van der Waals surface area contributed by atoms with Gasteiger partial charge in [0.1, 0.15) is 57.5 Å². The van der Waals surface area contributed by atoms with Crippen LogP contribution in [0.1, 0.15) is 39.9 Å². The third-order valence-electron chi connectivity index (χ3n) is 15.7. The average Bonchev–Trinajstić information content (AvgIpc) is 0.817. The molecule has 0 saturated heterocycles. The van der Waals surface area contributed by atoms with E-state index in [1.165, 1.54) is 78.8 Å². The molecule has 0 atom stereocenters. The number of aliphatic hydroxyl groups is 1. The van der Waals surface area contributed by atoms with Gasteiger partial charge in [0.2, 0.25) is 0 Å². The molecule has 0 bridgehead atoms. The normalized spacial score (nSPS) is 10.6. The van der Waals surface area contributed by atoms with Crippen molar-refractivity contribution in [1.29, 1.82) is 5.26 Å². The standard InChI is InChI=1S/C14H15N3OS.C13H13N3O2S.C13H14N2O2S.C12H11N3O2.C12H9N3S.C11H8FN3O.C10H7FN4O/c1-15-9-12-14(19-3)13(18-2)8-11(17-12)10-6-4-5-7-16-10;1-18-12-7-10(9-5-3-4-6-14-9)16-11(8-15-17)13(12)19-2;1-17-12-7-10(9-5-3-4-6-14-9)15-11(8-16)13(12)18-2;1-17-10-6-9(8-14-16)15-12(7-10)11-4-2-3-5-13-11;1-16-10-6-9(8-13)15-12(7-10)11-4-2-3-5-14-11;12-8-4-5-10(15-11(8)7-14-16)9-3-1-2-6-13-9;11-7-1-2-8(15-9(7)6-14-16)10-5-12-3-4-13-10/h4-9H,1-3H3;3-8,17H,1-2H3;3-7,16H,8H2,1-2H3;2-8,16H,1H3;2-7H,1H3;1-7,16H;1-6,16H/b;15-8+;;14-8+;;14-7+;14-6+. The molecule has 0 aliphatic heterocycles. The van der Waals surface area contributed by atoms with Crippen molar-refractivity contribution >= 4 is 78.1 Å². The first-order chi connectivity index (χ1) is 59.2. The van der Waals surface area contributed by atoms with Crippen molar-refractivity contribution in [3.05, 3.63) is 283 Å². The maximum Gasteiger partial charge on any atom is 0.150 e. The van der Waals surface area contributed by atoms with E-state index in [2.05, 4.69) is 106 Å². The van der Waals surface area contributed by atoms with Crippen molar-refractivity contribution in [3.8, 4) is 109 Å². The van der Waals surface area contributed by atoms with Gasteiger partial charge >= 0.3 is 0 Å². The molecule has 14 aromatic rings. The molecular formula is C85H77F2N21O9S4. The van der Waals surface area contributed by atoms with Gasteiger partial charge in [0, 0.05) is 98.1 Å². The molecule has 0 saturated carbocycles. The van der Waals surface area contributed by atoms with Gasteiger partial charge in [-0.05, 0) is 134 Å². The van der Waals surface area contributed by atoms with Crippen LogP contribution >= 0.6 is 47.0 Å². The predicted molar refractivity (Wildman–Crippen MR) is 465 cm³/mol. The zero-order valence-electron chi connectivity index (χ0n) is 66.2. The lowest BCUT2D eigenvalue weighted by molar-refractivity contribution is 0.271. The van der Waals surface area contributed by atoms with Crippen LogP contribution < -0.4 is 18.9 Å². The second-order valence-corrected chi connectivity index (χ2v) is 26.5. The highest BCUT2D eigenvalue weighted by Crippen LogP contribution is 2.36. The first-order valence-corrected chi connectivity index (χ1v) is 40.3. The molecule has 0 aliphatic rings. The van der Waals surface area contributed by atoms with Crippen LogP contribution in [0.15, 0.2) is 277 Å². The number of pyridine rings is 13. The van der Waals surface area contributed by atoms with Crippen LogP contribution in [0, 0.1) is 23.0 Å². The highest BCUT2D eigenvalue weighted by molar-refractivity contribution is 7.99. The fourth-order valence-electron chi connectivity index (χ4n) is 10.3. The Hall–Kier alpha value is -14.5. The Labute approximate surface area is 711 Å². The van der Waals surface area contributed by atoms with Crippen molar-refractivity contribution in [2.45, 2.75) is 26.2 Å². The van der Waals surface area contributed by atoms with E-state index in [-0.39, 0.29) is 18.0 Å². The Bertz CT molecular complexity index is 5560. The predicted octanol–water partition coefficient (Wildman–Crippen LogP) is 16.2. The van der Waals surface area contributed by atoms with E-state index in [0.29, 0.717) is 79.9 Å². The molecule has 0 radical (unpaired) electrons. The Balaban J connectivity index is 0.000000176. The number of hydrogen-bond donors (Lipinski definition) is 5. The molecule has 0 spiro atoms. The molecule has 121 heavy (non-hydrogen) atoms. The molecule has 0 amide bonds. The lowest BCUT2D eigenvalue weighted by atomic mass is 10.2. The van der Waals surface area contributed by atoms with Crippen molar-refractivity contribution in [3.63, 3.8) is 0 Å². The van der Waals surface area contributed by atoms with Gasteiger partial charge in [0.05, 0.1) is 172 Å². The van der Waals surface area contributed by atoms with E-state index >= 15 is 0 Å². The van der Waals surface area contributed by atoms with E-state index in [4.69, 9.17) is 45.0 Å². The van der Waals surface area contributed by atoms with E-state index < -0.39 is 11.6 Å². The van der Waals surface area contributed by atoms with Crippen LogP contribution in [0.3, 0.4) is 0 Å². The van der Waals surface area contributed by atoms with Crippen LogP contribution in [0.4, 0.5) is 8.78 Å². The maximum atomic E-state index is 13.2. The number of aliphatic imine (C=N–C) groups is 1. The molecule has 14 rings (SSSR count). The minimum absolute atomic E-state index is 0.0225. The topological polar surface area (TPSA) is 417 Å². The molecule has 0 aromatic carbocycles. The summed E-state index contributed by atoms with van der Waals surface area (Å²) in [6, 6.07) is 53.8. The smallest absolute Gasteiger partial charge is 0.150 e. The summed E-state index contributed by atoms with van der Waals surface area (Å²) in [7, 11) is 8.16. The summed E-state index contributed by atoms with van der Waals surface area (Å²) < 4.78 is 47.6. The fraction of sp³-hybridized carbons (Fsp3) is 0.118. The number of halogens is 2. The molecule has 0 fully saturated rings. The average molecular weight is 1700 g/mol. The Kier molecular flexibility index (Phi) is 38.2. The number of rotatable bonds is 21. The van der Waals surface area contributed by atoms with Crippen molar-refractivity contribution in [1.82, 2.24) is 74.8 Å². The molecular weight excluding hydrogens is 1630 g/mol. The summed E-state index contributed by atoms with van der Waals surface area (Å²) in [5, 5.41) is 63.7. The van der Waals surface area contributed by atoms with Gasteiger partial charge in [-0.15, -0.1) is 47.0 Å². The molecule has 30 nitrogen and oxygen atoms in total. The highest BCUT2D eigenvalue weighted by Gasteiger charge is 2.18. The second kappa shape index (κ2) is 50.2. The largest absolute Gasteiger partial charge is 0.497 e. The molecule has 0 unspecified atom stereocenters. The van der Waals surface area contributed by atoms with Crippen LogP contribution in [-0.2, 0) is 6.61 Å². The van der Waals surface area contributed by atoms with Gasteiger partial charge in [-0.25, -0.2) is 43.7 Å². The molecule has 0 aliphatic carbocycles. The Morgan fingerprint density at radius 2 is 0.752 bits per heavy atom. The quantitative estimate of drug-likeness (QED) is 0.0193. The third-order valence-corrected chi connectivity index (χ3v) is 18.9. The van der Waals surface area contributed by atoms with Crippen molar-refractivity contribution in [2.24, 2.45) is 25.6 Å². The number of methoxy groups -OCH3 is 4. The number of nitrogens with zero attached hydrogens (tertiary/aromatic N) is 21. The molecule has 14 heterocycles. The van der Waals surface area contributed by atoms with Gasteiger partial charge in [-0.2, -0.15) is 5.26 Å². The van der Waals surface area contributed by atoms with Crippen LogP contribution in [-0.4, -0.2) is 192 Å². The van der Waals surface area contributed by atoms with Gasteiger partial charge < -0.3 is 44.9 Å². The maximum absolute atomic E-state index is 13.2. The SMILES string of the molecule is CN=Cc1nc(-c2ccccn2)cc(OC)c1SC.COc1cc(-c2ccccn2)nc(/C=N/O)c1SC.COc1cc(-c2ccccn2)nc(CO)c1SC.COc1cc(/C=N/O)nc(-c2ccccn2)c1.CSc1cc(C#N)nc(-c2ccccn2)c1.O/N=C/c1nc(-c2ccccn2)ccc1F.O/N=C/c1nc(-c2cnccn2)ccc1F. The van der Waals surface area contributed by atoms with Crippen LogP contribution in [0.5, 0.6) is 23.0 Å². The number of ether oxygens (including phenoxy) is 4. The minimum atomic E-state index is -0.564. The van der Waals surface area contributed by atoms with Gasteiger partial charge in [-0.1, -0.05) is 57.0 Å². The summed E-state index contributed by atoms with van der Waals surface area (Å²) in [5.74, 6) is 1.71. The van der Waals surface area contributed by atoms with Crippen molar-refractivity contribution in [2.75, 3.05) is 60.5 Å². The second-order valence-electron chi connectivity index (χ2n) is 23.2. The monoisotopic (exact) mass is 1700 g/mol. The van der Waals surface area contributed by atoms with Crippen molar-refractivity contribution < 1.29 is 53.7 Å². The molecule has 614 valence electrons. The summed E-state index contributed by atoms with van der Waals surface area (Å²) >= 11 is 6.17. The molecule has 5 N–H and O–H groups in total. The lowest BCUT2D eigenvalue weighted by Crippen LogP contribution is -1.99. The summed E-state index contributed by atoms with van der Waals surface area (Å²) in [5.41, 5.74) is 12.4. The first kappa shape index (κ1) is 92.0. The minimum Gasteiger partial charge on any atom is -0.497 e. The number of oxime groups is 4. The number of aliphatic hydroxyl groups excluding tert-OH is 1. The summed E-state index contributed by atoms with van der Waals surface area (Å²) in [4.78, 5) is 70.9. The highest BCUT2D eigenvalue weighted by atomic mass is 32.2. The van der Waals surface area contributed by atoms with Gasteiger partial charge in [0.15, 0.2) is 11.6 Å². The summed E-state index contributed by atoms with van der Waals surface area (Å²) in [6.45, 7) is -0.118. The molecule has 14 aromatic heterocycles. The Morgan fingerprint density at radius 3 is 1.12 bits per heavy atom. The zero-order chi connectivity index (χ0) is 86.5. The Morgan fingerprint density at radius 1 is 0.372 bits per heavy atom. The van der Waals surface area contributed by atoms with Crippen LogP contribution in [0.2, 0.25) is 0 Å². The van der Waals surface area contributed by atoms with E-state index in [1.54, 1.807) is 133 Å². The number of aromatic nitrogens is 15. The number of nitriles is 1. The first-order valence-electron chi connectivity index (χ1n) is 35.4.